The third kappa shape index (κ3) is 5.72. The molecule has 19 heavy (non-hydrogen) atoms. The number of anilines is 1. The van der Waals surface area contributed by atoms with Gasteiger partial charge in [-0.2, -0.15) is 0 Å². The highest BCUT2D eigenvalue weighted by atomic mass is 16.5. The van der Waals surface area contributed by atoms with Crippen molar-refractivity contribution in [3.8, 4) is 5.75 Å². The van der Waals surface area contributed by atoms with Crippen LogP contribution in [0.1, 0.15) is 13.3 Å². The summed E-state index contributed by atoms with van der Waals surface area (Å²) in [6.07, 6.45) is 0.920. The molecular formula is C14H22N2O3. The highest BCUT2D eigenvalue weighted by Crippen LogP contribution is 2.14. The zero-order valence-corrected chi connectivity index (χ0v) is 11.7. The molecule has 0 radical (unpaired) electrons. The van der Waals surface area contributed by atoms with Gasteiger partial charge >= 0.3 is 0 Å². The normalized spacial score (nSPS) is 11.9. The lowest BCUT2D eigenvalue weighted by atomic mass is 10.2. The van der Waals surface area contributed by atoms with Crippen molar-refractivity contribution < 1.29 is 14.3 Å². The van der Waals surface area contributed by atoms with Crippen molar-refractivity contribution in [3.05, 3.63) is 24.3 Å². The number of benzene rings is 1. The molecule has 0 aromatic heterocycles. The Labute approximate surface area is 114 Å². The number of carbonyl (C=O) groups is 1. The van der Waals surface area contributed by atoms with Gasteiger partial charge in [0, 0.05) is 18.8 Å². The molecule has 1 aromatic carbocycles. The second-order valence-electron chi connectivity index (χ2n) is 4.22. The van der Waals surface area contributed by atoms with Crippen molar-refractivity contribution in [3.63, 3.8) is 0 Å². The third-order valence-electron chi connectivity index (χ3n) is 2.79. The van der Waals surface area contributed by atoms with Crippen LogP contribution in [-0.4, -0.2) is 39.3 Å². The molecule has 2 N–H and O–H groups in total. The number of methoxy groups -OCH3 is 2. The smallest absolute Gasteiger partial charge is 0.238 e. The summed E-state index contributed by atoms with van der Waals surface area (Å²) in [7, 11) is 3.26. The predicted octanol–water partition coefficient (Wildman–Crippen LogP) is 1.65. The van der Waals surface area contributed by atoms with Crippen molar-refractivity contribution in [2.75, 3.05) is 32.7 Å². The van der Waals surface area contributed by atoms with Gasteiger partial charge < -0.3 is 20.1 Å². The Bertz CT molecular complexity index is 379. The number of rotatable bonds is 8. The van der Waals surface area contributed by atoms with Crippen molar-refractivity contribution in [1.82, 2.24) is 5.32 Å². The van der Waals surface area contributed by atoms with Gasteiger partial charge in [-0.1, -0.05) is 6.92 Å². The maximum Gasteiger partial charge on any atom is 0.238 e. The van der Waals surface area contributed by atoms with E-state index in [1.54, 1.807) is 14.2 Å². The molecule has 5 nitrogen and oxygen atoms in total. The van der Waals surface area contributed by atoms with Crippen LogP contribution in [0.25, 0.3) is 0 Å². The highest BCUT2D eigenvalue weighted by molar-refractivity contribution is 5.92. The monoisotopic (exact) mass is 266 g/mol. The second kappa shape index (κ2) is 8.50. The quantitative estimate of drug-likeness (QED) is 0.751. The van der Waals surface area contributed by atoms with Crippen LogP contribution in [0.2, 0.25) is 0 Å². The van der Waals surface area contributed by atoms with Gasteiger partial charge in [-0.3, -0.25) is 4.79 Å². The Morgan fingerprint density at radius 2 is 1.95 bits per heavy atom. The summed E-state index contributed by atoms with van der Waals surface area (Å²) in [4.78, 5) is 11.7. The Hall–Kier alpha value is -1.59. The van der Waals surface area contributed by atoms with Crippen LogP contribution in [0.5, 0.6) is 5.75 Å². The molecule has 0 spiro atoms. The van der Waals surface area contributed by atoms with E-state index in [1.807, 2.05) is 24.3 Å². The van der Waals surface area contributed by atoms with Crippen molar-refractivity contribution in [1.29, 1.82) is 0 Å². The largest absolute Gasteiger partial charge is 0.497 e. The fourth-order valence-electron chi connectivity index (χ4n) is 1.64. The molecule has 0 aliphatic heterocycles. The van der Waals surface area contributed by atoms with E-state index >= 15 is 0 Å². The standard InChI is InChI=1S/C14H22N2O3/c1-4-11(10-18-2)15-9-14(17)16-12-5-7-13(19-3)8-6-12/h5-8,11,15H,4,9-10H2,1-3H3,(H,16,17). The molecule has 1 amide bonds. The summed E-state index contributed by atoms with van der Waals surface area (Å²) in [6.45, 7) is 2.93. The highest BCUT2D eigenvalue weighted by Gasteiger charge is 2.08. The number of hydrogen-bond donors (Lipinski definition) is 2. The van der Waals surface area contributed by atoms with Crippen molar-refractivity contribution >= 4 is 11.6 Å². The van der Waals surface area contributed by atoms with E-state index in [-0.39, 0.29) is 18.5 Å². The third-order valence-corrected chi connectivity index (χ3v) is 2.79. The minimum atomic E-state index is -0.0697. The average molecular weight is 266 g/mol. The first kappa shape index (κ1) is 15.5. The van der Waals surface area contributed by atoms with Crippen LogP contribution in [0, 0.1) is 0 Å². The van der Waals surface area contributed by atoms with Gasteiger partial charge in [-0.05, 0) is 30.7 Å². The number of hydrogen-bond acceptors (Lipinski definition) is 4. The molecule has 1 aromatic rings. The number of ether oxygens (including phenoxy) is 2. The van der Waals surface area contributed by atoms with E-state index in [1.165, 1.54) is 0 Å². The van der Waals surface area contributed by atoms with Gasteiger partial charge in [-0.15, -0.1) is 0 Å². The SMILES string of the molecule is CCC(COC)NCC(=O)Nc1ccc(OC)cc1. The molecule has 5 heteroatoms. The number of nitrogens with one attached hydrogen (secondary N) is 2. The van der Waals surface area contributed by atoms with Gasteiger partial charge in [0.2, 0.25) is 5.91 Å². The summed E-state index contributed by atoms with van der Waals surface area (Å²) in [6, 6.07) is 7.43. The van der Waals surface area contributed by atoms with Crippen LogP contribution in [0.15, 0.2) is 24.3 Å². The molecular weight excluding hydrogens is 244 g/mol. The first-order valence-electron chi connectivity index (χ1n) is 6.35. The summed E-state index contributed by atoms with van der Waals surface area (Å²) in [5.41, 5.74) is 0.757. The first-order valence-corrected chi connectivity index (χ1v) is 6.35. The maximum absolute atomic E-state index is 11.7. The van der Waals surface area contributed by atoms with E-state index in [9.17, 15) is 4.79 Å². The van der Waals surface area contributed by atoms with Gasteiger partial charge in [0.15, 0.2) is 0 Å². The van der Waals surface area contributed by atoms with E-state index < -0.39 is 0 Å². The van der Waals surface area contributed by atoms with Crippen LogP contribution < -0.4 is 15.4 Å². The molecule has 0 aliphatic rings. The van der Waals surface area contributed by atoms with Gasteiger partial charge in [0.25, 0.3) is 0 Å². The van der Waals surface area contributed by atoms with Crippen molar-refractivity contribution in [2.24, 2.45) is 0 Å². The summed E-state index contributed by atoms with van der Waals surface area (Å²) >= 11 is 0. The minimum absolute atomic E-state index is 0.0697. The Kier molecular flexibility index (Phi) is 6.92. The predicted molar refractivity (Wildman–Crippen MR) is 75.6 cm³/mol. The summed E-state index contributed by atoms with van der Waals surface area (Å²) < 4.78 is 10.1. The molecule has 0 bridgehead atoms. The van der Waals surface area contributed by atoms with Crippen LogP contribution in [0.3, 0.4) is 0 Å². The molecule has 0 aliphatic carbocycles. The number of amides is 1. The Morgan fingerprint density at radius 3 is 2.47 bits per heavy atom. The Morgan fingerprint density at radius 1 is 1.26 bits per heavy atom. The molecule has 0 saturated heterocycles. The van der Waals surface area contributed by atoms with E-state index in [0.29, 0.717) is 6.61 Å². The summed E-state index contributed by atoms with van der Waals surface area (Å²) in [5.74, 6) is 0.696. The maximum atomic E-state index is 11.7. The molecule has 106 valence electrons. The van der Waals surface area contributed by atoms with Crippen LogP contribution in [-0.2, 0) is 9.53 Å². The molecule has 0 fully saturated rings. The molecule has 1 rings (SSSR count). The lowest BCUT2D eigenvalue weighted by Crippen LogP contribution is -2.38. The van der Waals surface area contributed by atoms with Crippen molar-refractivity contribution in [2.45, 2.75) is 19.4 Å². The number of carbonyl (C=O) groups excluding carboxylic acids is 1. The van der Waals surface area contributed by atoms with Crippen LogP contribution >= 0.6 is 0 Å². The average Bonchev–Trinajstić information content (AvgIpc) is 2.44. The lowest BCUT2D eigenvalue weighted by Gasteiger charge is -2.15. The first-order chi connectivity index (χ1) is 9.19. The second-order valence-corrected chi connectivity index (χ2v) is 4.22. The van der Waals surface area contributed by atoms with E-state index in [2.05, 4.69) is 17.6 Å². The topological polar surface area (TPSA) is 59.6 Å². The summed E-state index contributed by atoms with van der Waals surface area (Å²) in [5, 5.41) is 5.97. The molecule has 1 unspecified atom stereocenters. The Balaban J connectivity index is 2.37. The van der Waals surface area contributed by atoms with E-state index in [4.69, 9.17) is 9.47 Å². The van der Waals surface area contributed by atoms with Gasteiger partial charge in [-0.25, -0.2) is 0 Å². The fraction of sp³-hybridized carbons (Fsp3) is 0.500. The van der Waals surface area contributed by atoms with Crippen LogP contribution in [0.4, 0.5) is 5.69 Å². The molecule has 1 atom stereocenters. The minimum Gasteiger partial charge on any atom is -0.497 e. The zero-order chi connectivity index (χ0) is 14.1. The molecule has 0 saturated carbocycles. The van der Waals surface area contributed by atoms with E-state index in [0.717, 1.165) is 17.9 Å². The molecule has 0 heterocycles. The fourth-order valence-corrected chi connectivity index (χ4v) is 1.64. The van der Waals surface area contributed by atoms with Gasteiger partial charge in [0.05, 0.1) is 20.3 Å². The van der Waals surface area contributed by atoms with Gasteiger partial charge in [0.1, 0.15) is 5.75 Å². The zero-order valence-electron chi connectivity index (χ0n) is 11.7. The lowest BCUT2D eigenvalue weighted by molar-refractivity contribution is -0.115.